The van der Waals surface area contributed by atoms with Gasteiger partial charge in [0.2, 0.25) is 0 Å². The third-order valence-electron chi connectivity index (χ3n) is 3.28. The van der Waals surface area contributed by atoms with Crippen LogP contribution in [0.4, 0.5) is 10.1 Å². The van der Waals surface area contributed by atoms with E-state index in [-0.39, 0.29) is 5.75 Å². The van der Waals surface area contributed by atoms with E-state index in [1.165, 1.54) is 26.2 Å². The number of hydrogen-bond donors (Lipinski definition) is 1. The van der Waals surface area contributed by atoms with Gasteiger partial charge in [-0.05, 0) is 37.3 Å². The minimum Gasteiger partial charge on any atom is -0.495 e. The van der Waals surface area contributed by atoms with E-state index < -0.39 is 23.8 Å². The zero-order chi connectivity index (χ0) is 19.1. The van der Waals surface area contributed by atoms with Gasteiger partial charge >= 0.3 is 5.97 Å². The van der Waals surface area contributed by atoms with E-state index >= 15 is 0 Å². The maximum absolute atomic E-state index is 13.5. The number of carbonyl (C=O) groups excluding carboxylic acids is 2. The van der Waals surface area contributed by atoms with Gasteiger partial charge in [-0.15, -0.1) is 11.8 Å². The van der Waals surface area contributed by atoms with Crippen molar-refractivity contribution in [2.24, 2.45) is 0 Å². The second-order valence-electron chi connectivity index (χ2n) is 5.19. The fourth-order valence-electron chi connectivity index (χ4n) is 1.97. The average molecular weight is 398 g/mol. The van der Waals surface area contributed by atoms with Crippen LogP contribution in [0.2, 0.25) is 5.02 Å². The molecule has 0 radical (unpaired) electrons. The first-order chi connectivity index (χ1) is 12.4. The fourth-order valence-corrected chi connectivity index (χ4v) is 2.95. The summed E-state index contributed by atoms with van der Waals surface area (Å²) in [5.74, 6) is -1.15. The molecule has 0 aliphatic carbocycles. The molecule has 0 fully saturated rings. The Morgan fingerprint density at radius 1 is 1.27 bits per heavy atom. The lowest BCUT2D eigenvalue weighted by Crippen LogP contribution is -2.30. The van der Waals surface area contributed by atoms with Crippen LogP contribution >= 0.6 is 23.4 Å². The van der Waals surface area contributed by atoms with E-state index in [1.54, 1.807) is 30.3 Å². The van der Waals surface area contributed by atoms with Gasteiger partial charge in [0.1, 0.15) is 11.6 Å². The Morgan fingerprint density at radius 3 is 2.65 bits per heavy atom. The largest absolute Gasteiger partial charge is 0.495 e. The van der Waals surface area contributed by atoms with Gasteiger partial charge in [-0.3, -0.25) is 9.59 Å². The molecular formula is C18H17ClFNO4S. The summed E-state index contributed by atoms with van der Waals surface area (Å²) in [5.41, 5.74) is 0.449. The molecule has 2 aromatic carbocycles. The summed E-state index contributed by atoms with van der Waals surface area (Å²) in [6.45, 7) is 1.45. The number of ether oxygens (including phenoxy) is 2. The highest BCUT2D eigenvalue weighted by molar-refractivity contribution is 8.00. The Morgan fingerprint density at radius 2 is 2.00 bits per heavy atom. The van der Waals surface area contributed by atoms with Crippen molar-refractivity contribution in [2.45, 2.75) is 17.9 Å². The number of thioether (sulfide) groups is 1. The van der Waals surface area contributed by atoms with Gasteiger partial charge in [-0.2, -0.15) is 0 Å². The van der Waals surface area contributed by atoms with Crippen LogP contribution in [0.3, 0.4) is 0 Å². The van der Waals surface area contributed by atoms with Crippen LogP contribution in [0.1, 0.15) is 6.92 Å². The number of halogens is 2. The minimum atomic E-state index is -1.01. The van der Waals surface area contributed by atoms with Gasteiger partial charge in [0.25, 0.3) is 5.91 Å². The monoisotopic (exact) mass is 397 g/mol. The van der Waals surface area contributed by atoms with Gasteiger partial charge in [0, 0.05) is 10.6 Å². The molecule has 5 nitrogen and oxygen atoms in total. The molecule has 0 spiro atoms. The lowest BCUT2D eigenvalue weighted by Gasteiger charge is -2.14. The third-order valence-corrected chi connectivity index (χ3v) is 4.60. The summed E-state index contributed by atoms with van der Waals surface area (Å²) in [6, 6.07) is 10.9. The van der Waals surface area contributed by atoms with Crippen molar-refractivity contribution in [1.29, 1.82) is 0 Å². The zero-order valence-corrected chi connectivity index (χ0v) is 15.7. The molecular weight excluding hydrogens is 381 g/mol. The Hall–Kier alpha value is -2.25. The van der Waals surface area contributed by atoms with Crippen molar-refractivity contribution in [1.82, 2.24) is 0 Å². The molecule has 1 N–H and O–H groups in total. The van der Waals surface area contributed by atoms with Crippen LogP contribution in [0.15, 0.2) is 47.4 Å². The van der Waals surface area contributed by atoms with Gasteiger partial charge < -0.3 is 14.8 Å². The van der Waals surface area contributed by atoms with E-state index in [0.717, 1.165) is 11.8 Å². The maximum atomic E-state index is 13.5. The fraction of sp³-hybridized carbons (Fsp3) is 0.222. The zero-order valence-electron chi connectivity index (χ0n) is 14.1. The standard InChI is InChI=1S/C18H17ClFNO4S/c1-11(18(23)21-12-7-8-15(24-2)13(19)9-12)25-17(22)10-26-16-6-4-3-5-14(16)20/h3-9,11H,10H2,1-2H3,(H,21,23)/t11-/m0/s1. The third kappa shape index (κ3) is 5.64. The first-order valence-electron chi connectivity index (χ1n) is 7.62. The predicted octanol–water partition coefficient (Wildman–Crippen LogP) is 4.15. The molecule has 0 bridgehead atoms. The number of hydrogen-bond acceptors (Lipinski definition) is 5. The molecule has 0 unspecified atom stereocenters. The first-order valence-corrected chi connectivity index (χ1v) is 8.98. The molecule has 8 heteroatoms. The summed E-state index contributed by atoms with van der Waals surface area (Å²) in [4.78, 5) is 24.3. The molecule has 0 saturated carbocycles. The Bertz CT molecular complexity index is 803. The number of methoxy groups -OCH3 is 1. The summed E-state index contributed by atoms with van der Waals surface area (Å²) in [7, 11) is 1.49. The number of esters is 1. The number of anilines is 1. The Labute approximate surface area is 159 Å². The van der Waals surface area contributed by atoms with Crippen molar-refractivity contribution in [3.63, 3.8) is 0 Å². The van der Waals surface area contributed by atoms with Crippen molar-refractivity contribution in [3.8, 4) is 5.75 Å². The minimum absolute atomic E-state index is 0.104. The number of benzene rings is 2. The summed E-state index contributed by atoms with van der Waals surface area (Å²) >= 11 is 7.00. The Kier molecular flexibility index (Phi) is 7.29. The first kappa shape index (κ1) is 20.1. The number of nitrogens with one attached hydrogen (secondary N) is 1. The molecule has 1 atom stereocenters. The smallest absolute Gasteiger partial charge is 0.317 e. The van der Waals surface area contributed by atoms with Crippen LogP contribution in [-0.4, -0.2) is 30.8 Å². The van der Waals surface area contributed by atoms with E-state index in [9.17, 15) is 14.0 Å². The van der Waals surface area contributed by atoms with Crippen molar-refractivity contribution in [3.05, 3.63) is 53.3 Å². The van der Waals surface area contributed by atoms with Crippen LogP contribution in [0, 0.1) is 5.82 Å². The van der Waals surface area contributed by atoms with E-state index in [4.69, 9.17) is 21.1 Å². The number of rotatable bonds is 7. The molecule has 138 valence electrons. The van der Waals surface area contributed by atoms with Gasteiger partial charge in [0.15, 0.2) is 6.10 Å². The number of amides is 1. The molecule has 2 aromatic rings. The quantitative estimate of drug-likeness (QED) is 0.561. The molecule has 2 rings (SSSR count). The summed E-state index contributed by atoms with van der Waals surface area (Å²) in [5, 5.41) is 2.94. The Balaban J connectivity index is 1.85. The van der Waals surface area contributed by atoms with Gasteiger partial charge in [0.05, 0.1) is 17.9 Å². The van der Waals surface area contributed by atoms with E-state index in [0.29, 0.717) is 21.4 Å². The molecule has 1 amide bonds. The normalized spacial score (nSPS) is 11.5. The number of carbonyl (C=O) groups is 2. The highest BCUT2D eigenvalue weighted by Gasteiger charge is 2.19. The molecule has 0 aliphatic rings. The highest BCUT2D eigenvalue weighted by Crippen LogP contribution is 2.27. The van der Waals surface area contributed by atoms with Gasteiger partial charge in [-0.1, -0.05) is 23.7 Å². The second kappa shape index (κ2) is 9.45. The van der Waals surface area contributed by atoms with E-state index in [2.05, 4.69) is 5.32 Å². The van der Waals surface area contributed by atoms with Crippen molar-refractivity contribution < 1.29 is 23.5 Å². The van der Waals surface area contributed by atoms with Crippen LogP contribution in [-0.2, 0) is 14.3 Å². The summed E-state index contributed by atoms with van der Waals surface area (Å²) in [6.07, 6.45) is -1.01. The molecule has 26 heavy (non-hydrogen) atoms. The molecule has 0 aliphatic heterocycles. The molecule has 0 saturated heterocycles. The highest BCUT2D eigenvalue weighted by atomic mass is 35.5. The molecule has 0 aromatic heterocycles. The van der Waals surface area contributed by atoms with Gasteiger partial charge in [-0.25, -0.2) is 4.39 Å². The maximum Gasteiger partial charge on any atom is 0.317 e. The second-order valence-corrected chi connectivity index (χ2v) is 6.61. The lowest BCUT2D eigenvalue weighted by molar-refractivity contribution is -0.150. The van der Waals surface area contributed by atoms with Crippen molar-refractivity contribution in [2.75, 3.05) is 18.2 Å². The SMILES string of the molecule is COc1ccc(NC(=O)[C@H](C)OC(=O)CSc2ccccc2F)cc1Cl. The van der Waals surface area contributed by atoms with Crippen LogP contribution in [0.5, 0.6) is 5.75 Å². The summed E-state index contributed by atoms with van der Waals surface area (Å²) < 4.78 is 23.6. The van der Waals surface area contributed by atoms with Crippen molar-refractivity contribution >= 4 is 40.9 Å². The van der Waals surface area contributed by atoms with Crippen LogP contribution < -0.4 is 10.1 Å². The van der Waals surface area contributed by atoms with E-state index in [1.807, 2.05) is 0 Å². The average Bonchev–Trinajstić information content (AvgIpc) is 2.61. The predicted molar refractivity (Wildman–Crippen MR) is 99.3 cm³/mol. The van der Waals surface area contributed by atoms with Crippen LogP contribution in [0.25, 0.3) is 0 Å². The lowest BCUT2D eigenvalue weighted by atomic mass is 10.3. The molecule has 0 heterocycles. The topological polar surface area (TPSA) is 64.6 Å².